The summed E-state index contributed by atoms with van der Waals surface area (Å²) in [5, 5.41) is 31.9. The molecule has 0 fully saturated rings. The third-order valence-electron chi connectivity index (χ3n) is 5.34. The van der Waals surface area contributed by atoms with E-state index in [1.807, 2.05) is 36.4 Å². The predicted octanol–water partition coefficient (Wildman–Crippen LogP) is 2.51. The number of carbonyl (C=O) groups excluding carboxylic acids is 1. The average Bonchev–Trinajstić information content (AvgIpc) is 3.11. The Bertz CT molecular complexity index is 1010. The van der Waals surface area contributed by atoms with Gasteiger partial charge in [-0.1, -0.05) is 48.5 Å². The van der Waals surface area contributed by atoms with E-state index in [1.54, 1.807) is 0 Å². The maximum absolute atomic E-state index is 12.2. The number of aliphatic hydroxyl groups is 2. The number of aliphatic hydroxyl groups excluding tert-OH is 2. The van der Waals surface area contributed by atoms with Crippen LogP contribution in [0.4, 0.5) is 4.79 Å². The van der Waals surface area contributed by atoms with Crippen molar-refractivity contribution in [1.29, 1.82) is 0 Å². The van der Waals surface area contributed by atoms with Crippen LogP contribution in [0.25, 0.3) is 11.1 Å². The fraction of sp³-hybridized carbons (Fsp3) is 0.261. The summed E-state index contributed by atoms with van der Waals surface area (Å²) < 4.78 is 5.43. The van der Waals surface area contributed by atoms with Crippen molar-refractivity contribution >= 4 is 6.09 Å². The van der Waals surface area contributed by atoms with Gasteiger partial charge in [-0.3, -0.25) is 0 Å². The van der Waals surface area contributed by atoms with E-state index >= 15 is 0 Å². The molecule has 31 heavy (non-hydrogen) atoms. The summed E-state index contributed by atoms with van der Waals surface area (Å²) in [5.74, 6) is -0.175. The van der Waals surface area contributed by atoms with Crippen LogP contribution in [0.5, 0.6) is 5.75 Å². The Balaban J connectivity index is 1.28. The summed E-state index contributed by atoms with van der Waals surface area (Å²) in [4.78, 5) is 19.7. The molecule has 8 heteroatoms. The summed E-state index contributed by atoms with van der Waals surface area (Å²) in [5.41, 5.74) is 4.56. The van der Waals surface area contributed by atoms with E-state index in [1.165, 1.54) is 0 Å². The highest BCUT2D eigenvalue weighted by Crippen LogP contribution is 2.44. The van der Waals surface area contributed by atoms with E-state index in [9.17, 15) is 20.1 Å². The zero-order valence-electron chi connectivity index (χ0n) is 16.7. The summed E-state index contributed by atoms with van der Waals surface area (Å²) in [7, 11) is 0. The van der Waals surface area contributed by atoms with Gasteiger partial charge in [0.1, 0.15) is 12.7 Å². The lowest BCUT2D eigenvalue weighted by molar-refractivity contribution is 0.00838. The van der Waals surface area contributed by atoms with Crippen LogP contribution >= 0.6 is 0 Å². The third-order valence-corrected chi connectivity index (χ3v) is 5.34. The second kappa shape index (κ2) is 9.11. The van der Waals surface area contributed by atoms with Crippen LogP contribution in [0.15, 0.2) is 60.9 Å². The van der Waals surface area contributed by atoms with Crippen LogP contribution in [0.3, 0.4) is 0 Å². The molecule has 0 bridgehead atoms. The number of hydrogen-bond acceptors (Lipinski definition) is 7. The molecule has 0 saturated carbocycles. The molecule has 2 aromatic carbocycles. The summed E-state index contributed by atoms with van der Waals surface area (Å²) in [6, 6.07) is 16.2. The second-order valence-corrected chi connectivity index (χ2v) is 7.35. The number of fused-ring (bicyclic) bond motifs is 3. The molecule has 1 aliphatic carbocycles. The number of carbonyl (C=O) groups is 1. The topological polar surface area (TPSA) is 125 Å². The minimum Gasteiger partial charge on any atom is -0.505 e. The Kier molecular flexibility index (Phi) is 6.11. The molecule has 1 amide bonds. The van der Waals surface area contributed by atoms with Crippen LogP contribution in [0.2, 0.25) is 0 Å². The molecule has 4 rings (SSSR count). The molecule has 0 aliphatic heterocycles. The molecule has 8 nitrogen and oxygen atoms in total. The minimum absolute atomic E-state index is 0.00793. The molecule has 4 N–H and O–H groups in total. The summed E-state index contributed by atoms with van der Waals surface area (Å²) in [6.45, 7) is 0.305. The van der Waals surface area contributed by atoms with E-state index in [2.05, 4.69) is 27.4 Å². The van der Waals surface area contributed by atoms with Gasteiger partial charge in [0.2, 0.25) is 0 Å². The number of nitrogens with zero attached hydrogens (tertiary/aromatic N) is 2. The molecule has 0 radical (unpaired) electrons. The van der Waals surface area contributed by atoms with E-state index in [0.29, 0.717) is 0 Å². The number of aromatic nitrogens is 2. The number of alkyl carbamates (subject to hydrolysis) is 1. The number of ether oxygens (including phenoxy) is 1. The monoisotopic (exact) mass is 421 g/mol. The first-order chi connectivity index (χ1) is 15.0. The van der Waals surface area contributed by atoms with Crippen molar-refractivity contribution in [3.05, 3.63) is 77.9 Å². The molecule has 0 spiro atoms. The number of benzene rings is 2. The maximum Gasteiger partial charge on any atom is 0.407 e. The van der Waals surface area contributed by atoms with Crippen molar-refractivity contribution in [1.82, 2.24) is 15.3 Å². The Morgan fingerprint density at radius 2 is 1.58 bits per heavy atom. The molecule has 3 aromatic rings. The van der Waals surface area contributed by atoms with Crippen molar-refractivity contribution in [2.75, 3.05) is 13.2 Å². The van der Waals surface area contributed by atoms with E-state index in [-0.39, 0.29) is 37.1 Å². The molecule has 1 aliphatic rings. The first-order valence-electron chi connectivity index (χ1n) is 10.0. The molecule has 160 valence electrons. The molecule has 0 saturated heterocycles. The van der Waals surface area contributed by atoms with Gasteiger partial charge in [0, 0.05) is 12.5 Å². The van der Waals surface area contributed by atoms with Crippen LogP contribution in [-0.2, 0) is 4.74 Å². The lowest BCUT2D eigenvalue weighted by Gasteiger charge is -2.17. The largest absolute Gasteiger partial charge is 0.505 e. The van der Waals surface area contributed by atoms with Crippen molar-refractivity contribution < 1.29 is 24.9 Å². The first-order valence-corrected chi connectivity index (χ1v) is 10.0. The van der Waals surface area contributed by atoms with E-state index in [0.717, 1.165) is 34.6 Å². The number of aromatic hydroxyl groups is 1. The van der Waals surface area contributed by atoms with Crippen LogP contribution in [0, 0.1) is 0 Å². The molecule has 1 aromatic heterocycles. The van der Waals surface area contributed by atoms with Crippen molar-refractivity contribution in [2.24, 2.45) is 0 Å². The fourth-order valence-electron chi connectivity index (χ4n) is 3.79. The van der Waals surface area contributed by atoms with Gasteiger partial charge in [0.25, 0.3) is 0 Å². The number of amides is 1. The Morgan fingerprint density at radius 3 is 2.19 bits per heavy atom. The number of rotatable bonds is 7. The Labute approximate surface area is 179 Å². The van der Waals surface area contributed by atoms with Crippen LogP contribution in [0.1, 0.15) is 35.4 Å². The third kappa shape index (κ3) is 4.50. The van der Waals surface area contributed by atoms with Crippen molar-refractivity contribution in [2.45, 2.75) is 24.5 Å². The standard InChI is InChI=1S/C23H23N3O5/c27-14-11-25-22(26-12-14)21(29)20(28)9-10-24-23(30)31-13-19-17-7-3-1-5-15(17)16-6-2-4-8-18(16)19/h1-8,11-12,19-21,27-29H,9-10,13H2,(H,24,30). The second-order valence-electron chi connectivity index (χ2n) is 7.35. The van der Waals surface area contributed by atoms with Crippen molar-refractivity contribution in [3.8, 4) is 16.9 Å². The highest BCUT2D eigenvalue weighted by atomic mass is 16.5. The van der Waals surface area contributed by atoms with Gasteiger partial charge in [-0.25, -0.2) is 14.8 Å². The van der Waals surface area contributed by atoms with Gasteiger partial charge in [-0.05, 0) is 28.7 Å². The Morgan fingerprint density at radius 1 is 1.00 bits per heavy atom. The minimum atomic E-state index is -1.33. The average molecular weight is 421 g/mol. The van der Waals surface area contributed by atoms with E-state index in [4.69, 9.17) is 4.74 Å². The molecular formula is C23H23N3O5. The lowest BCUT2D eigenvalue weighted by Crippen LogP contribution is -2.31. The SMILES string of the molecule is O=C(NCCC(O)C(O)c1ncc(O)cn1)OCC1c2ccccc2-c2ccccc21. The number of nitrogens with one attached hydrogen (secondary N) is 1. The Hall–Kier alpha value is -3.49. The predicted molar refractivity (Wildman–Crippen MR) is 112 cm³/mol. The first kappa shape index (κ1) is 20.8. The normalized spacial score (nSPS) is 14.4. The van der Waals surface area contributed by atoms with Crippen LogP contribution < -0.4 is 5.32 Å². The highest BCUT2D eigenvalue weighted by molar-refractivity contribution is 5.79. The zero-order valence-corrected chi connectivity index (χ0v) is 16.7. The molecular weight excluding hydrogens is 398 g/mol. The van der Waals surface area contributed by atoms with Crippen LogP contribution in [-0.4, -0.2) is 50.6 Å². The smallest absolute Gasteiger partial charge is 0.407 e. The quantitative estimate of drug-likeness (QED) is 0.462. The van der Waals surface area contributed by atoms with Gasteiger partial charge >= 0.3 is 6.09 Å². The van der Waals surface area contributed by atoms with Gasteiger partial charge in [-0.15, -0.1) is 0 Å². The maximum atomic E-state index is 12.2. The highest BCUT2D eigenvalue weighted by Gasteiger charge is 2.29. The molecule has 2 unspecified atom stereocenters. The summed E-state index contributed by atoms with van der Waals surface area (Å²) in [6.07, 6.45) is -0.761. The van der Waals surface area contributed by atoms with Gasteiger partial charge in [0.15, 0.2) is 11.6 Å². The lowest BCUT2D eigenvalue weighted by atomic mass is 9.98. The van der Waals surface area contributed by atoms with Crippen molar-refractivity contribution in [3.63, 3.8) is 0 Å². The molecule has 1 heterocycles. The van der Waals surface area contributed by atoms with Gasteiger partial charge in [-0.2, -0.15) is 0 Å². The van der Waals surface area contributed by atoms with Gasteiger partial charge < -0.3 is 25.4 Å². The van der Waals surface area contributed by atoms with E-state index < -0.39 is 18.3 Å². The fourth-order valence-corrected chi connectivity index (χ4v) is 3.79. The molecule has 2 atom stereocenters. The zero-order chi connectivity index (χ0) is 21.8. The number of hydrogen-bond donors (Lipinski definition) is 4. The van der Waals surface area contributed by atoms with Gasteiger partial charge in [0.05, 0.1) is 18.5 Å². The summed E-state index contributed by atoms with van der Waals surface area (Å²) >= 11 is 0.